The molecular formula is C15H8F5NO. The maximum Gasteiger partial charge on any atom is 0.388 e. The number of rotatable bonds is 3. The first-order valence-corrected chi connectivity index (χ1v) is 6.20. The Bertz CT molecular complexity index is 777. The van der Waals surface area contributed by atoms with Crippen molar-refractivity contribution >= 4 is 11.1 Å². The molecule has 0 unspecified atom stereocenters. The topological polar surface area (TPSA) is 26.0 Å². The van der Waals surface area contributed by atoms with Gasteiger partial charge in [0.25, 0.3) is 5.89 Å². The monoisotopic (exact) mass is 313 g/mol. The van der Waals surface area contributed by atoms with Gasteiger partial charge in [0, 0.05) is 5.56 Å². The van der Waals surface area contributed by atoms with Crippen molar-refractivity contribution in [3.8, 4) is 0 Å². The molecule has 0 fully saturated rings. The molecule has 0 saturated carbocycles. The third-order valence-corrected chi connectivity index (χ3v) is 3.16. The van der Waals surface area contributed by atoms with Gasteiger partial charge in [-0.3, -0.25) is 0 Å². The number of benzene rings is 2. The van der Waals surface area contributed by atoms with Gasteiger partial charge in [0.2, 0.25) is 0 Å². The second-order valence-electron chi connectivity index (χ2n) is 4.64. The number of hydrogen-bond donors (Lipinski definition) is 0. The minimum absolute atomic E-state index is 0.0212. The van der Waals surface area contributed by atoms with E-state index in [-0.39, 0.29) is 11.1 Å². The van der Waals surface area contributed by atoms with Gasteiger partial charge in [-0.25, -0.2) is 9.37 Å². The van der Waals surface area contributed by atoms with Crippen LogP contribution < -0.4 is 0 Å². The Morgan fingerprint density at radius 1 is 0.818 bits per heavy atom. The van der Waals surface area contributed by atoms with E-state index in [2.05, 4.69) is 4.98 Å². The van der Waals surface area contributed by atoms with E-state index < -0.39 is 29.1 Å². The third kappa shape index (κ3) is 2.13. The number of nitrogens with zero attached hydrogens (tertiary/aromatic N) is 1. The molecule has 0 spiro atoms. The predicted octanol–water partition coefficient (Wildman–Crippen LogP) is 4.85. The maximum absolute atomic E-state index is 14.2. The summed E-state index contributed by atoms with van der Waals surface area (Å²) in [6.07, 6.45) is 0. The molecule has 0 bridgehead atoms. The van der Waals surface area contributed by atoms with Crippen molar-refractivity contribution in [2.75, 3.05) is 0 Å². The molecule has 0 saturated heterocycles. The Hall–Kier alpha value is -2.44. The normalized spacial score (nSPS) is 12.8. The van der Waals surface area contributed by atoms with Crippen LogP contribution in [-0.4, -0.2) is 4.98 Å². The summed E-state index contributed by atoms with van der Waals surface area (Å²) < 4.78 is 74.1. The van der Waals surface area contributed by atoms with Crippen molar-refractivity contribution in [3.05, 3.63) is 65.8 Å². The molecule has 0 radical (unpaired) electrons. The zero-order valence-electron chi connectivity index (χ0n) is 10.9. The van der Waals surface area contributed by atoms with E-state index in [9.17, 15) is 22.0 Å². The van der Waals surface area contributed by atoms with Crippen LogP contribution in [0.4, 0.5) is 22.0 Å². The van der Waals surface area contributed by atoms with E-state index >= 15 is 0 Å². The van der Waals surface area contributed by atoms with Crippen LogP contribution in [0.25, 0.3) is 11.1 Å². The zero-order valence-corrected chi connectivity index (χ0v) is 10.9. The van der Waals surface area contributed by atoms with Gasteiger partial charge < -0.3 is 4.42 Å². The predicted molar refractivity (Wildman–Crippen MR) is 68.2 cm³/mol. The molecule has 3 rings (SSSR count). The number of halogens is 5. The summed E-state index contributed by atoms with van der Waals surface area (Å²) in [5.41, 5.74) is -1.000. The fraction of sp³-hybridized carbons (Fsp3) is 0.133. The second kappa shape index (κ2) is 4.79. The molecule has 114 valence electrons. The van der Waals surface area contributed by atoms with E-state index in [1.54, 1.807) is 0 Å². The Morgan fingerprint density at radius 2 is 1.45 bits per heavy atom. The molecule has 0 amide bonds. The molecule has 1 heterocycles. The molecule has 3 aromatic rings. The SMILES string of the molecule is Fc1ccc(C(F)(F)C(F)(F)c2nc3ccccc3o2)cc1. The van der Waals surface area contributed by atoms with Gasteiger partial charge >= 0.3 is 11.8 Å². The highest BCUT2D eigenvalue weighted by atomic mass is 19.3. The summed E-state index contributed by atoms with van der Waals surface area (Å²) in [6, 6.07) is 8.32. The van der Waals surface area contributed by atoms with E-state index in [1.165, 1.54) is 24.3 Å². The van der Waals surface area contributed by atoms with Crippen molar-refractivity contribution in [1.82, 2.24) is 4.98 Å². The van der Waals surface area contributed by atoms with Crippen molar-refractivity contribution in [2.24, 2.45) is 0 Å². The van der Waals surface area contributed by atoms with Crippen LogP contribution in [-0.2, 0) is 11.8 Å². The maximum atomic E-state index is 14.2. The molecule has 2 nitrogen and oxygen atoms in total. The summed E-state index contributed by atoms with van der Waals surface area (Å²) in [6.45, 7) is 0. The molecular weight excluding hydrogens is 305 g/mol. The average Bonchev–Trinajstić information content (AvgIpc) is 2.92. The number of oxazole rings is 1. The molecule has 2 aromatic carbocycles. The first-order valence-electron chi connectivity index (χ1n) is 6.20. The number of hydrogen-bond acceptors (Lipinski definition) is 2. The number of aromatic nitrogens is 1. The lowest BCUT2D eigenvalue weighted by Gasteiger charge is -2.24. The van der Waals surface area contributed by atoms with Crippen molar-refractivity contribution < 1.29 is 26.4 Å². The van der Waals surface area contributed by atoms with Gasteiger partial charge in [0.1, 0.15) is 11.3 Å². The van der Waals surface area contributed by atoms with Crippen LogP contribution in [0, 0.1) is 5.82 Å². The fourth-order valence-corrected chi connectivity index (χ4v) is 1.98. The number of para-hydroxylation sites is 2. The van der Waals surface area contributed by atoms with Gasteiger partial charge in [-0.1, -0.05) is 12.1 Å². The van der Waals surface area contributed by atoms with Gasteiger partial charge in [-0.05, 0) is 36.4 Å². The van der Waals surface area contributed by atoms with Gasteiger partial charge in [0.15, 0.2) is 5.58 Å². The van der Waals surface area contributed by atoms with Crippen LogP contribution in [0.2, 0.25) is 0 Å². The van der Waals surface area contributed by atoms with E-state index in [0.717, 1.165) is 0 Å². The van der Waals surface area contributed by atoms with Gasteiger partial charge in [0.05, 0.1) is 0 Å². The van der Waals surface area contributed by atoms with Crippen LogP contribution in [0.1, 0.15) is 11.5 Å². The average molecular weight is 313 g/mol. The first-order chi connectivity index (χ1) is 10.3. The molecule has 0 aliphatic heterocycles. The van der Waals surface area contributed by atoms with Crippen LogP contribution in [0.15, 0.2) is 52.9 Å². The van der Waals surface area contributed by atoms with E-state index in [4.69, 9.17) is 4.42 Å². The number of fused-ring (bicyclic) bond motifs is 1. The van der Waals surface area contributed by atoms with Crippen molar-refractivity contribution in [3.63, 3.8) is 0 Å². The summed E-state index contributed by atoms with van der Waals surface area (Å²) in [5, 5.41) is 0. The second-order valence-corrected chi connectivity index (χ2v) is 4.64. The molecule has 22 heavy (non-hydrogen) atoms. The quantitative estimate of drug-likeness (QED) is 0.646. The summed E-state index contributed by atoms with van der Waals surface area (Å²) in [7, 11) is 0. The van der Waals surface area contributed by atoms with Crippen molar-refractivity contribution in [2.45, 2.75) is 11.8 Å². The Labute approximate surface area is 121 Å². The van der Waals surface area contributed by atoms with Crippen LogP contribution >= 0.6 is 0 Å². The van der Waals surface area contributed by atoms with Crippen LogP contribution in [0.5, 0.6) is 0 Å². The molecule has 0 aliphatic rings. The lowest BCUT2D eigenvalue weighted by molar-refractivity contribution is -0.234. The highest BCUT2D eigenvalue weighted by Gasteiger charge is 2.62. The highest BCUT2D eigenvalue weighted by molar-refractivity contribution is 5.72. The Kier molecular flexibility index (Phi) is 3.16. The van der Waals surface area contributed by atoms with Gasteiger partial charge in [-0.15, -0.1) is 0 Å². The molecule has 0 atom stereocenters. The lowest BCUT2D eigenvalue weighted by Crippen LogP contribution is -2.35. The fourth-order valence-electron chi connectivity index (χ4n) is 1.98. The molecule has 1 aromatic heterocycles. The van der Waals surface area contributed by atoms with E-state index in [1.807, 2.05) is 0 Å². The smallest absolute Gasteiger partial charge is 0.388 e. The molecule has 7 heteroatoms. The first kappa shape index (κ1) is 14.5. The van der Waals surface area contributed by atoms with Gasteiger partial charge in [-0.2, -0.15) is 17.6 Å². The summed E-state index contributed by atoms with van der Waals surface area (Å²) >= 11 is 0. The van der Waals surface area contributed by atoms with E-state index in [0.29, 0.717) is 24.3 Å². The standard InChI is InChI=1S/C15H8F5NO/c16-10-7-5-9(6-8-10)14(17,18)15(19,20)13-21-11-3-1-2-4-12(11)22-13/h1-8H. The number of alkyl halides is 4. The highest BCUT2D eigenvalue weighted by Crippen LogP contribution is 2.49. The minimum atomic E-state index is -4.68. The summed E-state index contributed by atoms with van der Waals surface area (Å²) in [4.78, 5) is 3.42. The Balaban J connectivity index is 2.08. The minimum Gasteiger partial charge on any atom is -0.435 e. The summed E-state index contributed by atoms with van der Waals surface area (Å²) in [5.74, 6) is -11.5. The molecule has 0 N–H and O–H groups in total. The third-order valence-electron chi connectivity index (χ3n) is 3.16. The largest absolute Gasteiger partial charge is 0.435 e. The Morgan fingerprint density at radius 3 is 2.09 bits per heavy atom. The lowest BCUT2D eigenvalue weighted by atomic mass is 10.0. The zero-order chi connectivity index (χ0) is 16.0. The van der Waals surface area contributed by atoms with Crippen molar-refractivity contribution in [1.29, 1.82) is 0 Å². The molecule has 0 aliphatic carbocycles. The van der Waals surface area contributed by atoms with Crippen LogP contribution in [0.3, 0.4) is 0 Å².